The fraction of sp³-hybridized carbons (Fsp3) is 0.333. The van der Waals surface area contributed by atoms with Crippen LogP contribution in [0.2, 0.25) is 0 Å². The zero-order valence-corrected chi connectivity index (χ0v) is 12.3. The second-order valence-electron chi connectivity index (χ2n) is 4.71. The van der Waals surface area contributed by atoms with Crippen molar-refractivity contribution in [3.8, 4) is 0 Å². The van der Waals surface area contributed by atoms with Crippen LogP contribution in [0.25, 0.3) is 0 Å². The number of carbonyl (C=O) groups excluding carboxylic acids is 1. The predicted molar refractivity (Wildman–Crippen MR) is 81.3 cm³/mol. The smallest absolute Gasteiger partial charge is 0.255 e. The Morgan fingerprint density at radius 1 is 1.33 bits per heavy atom. The van der Waals surface area contributed by atoms with Gasteiger partial charge in [0.05, 0.1) is 18.4 Å². The third-order valence-electron chi connectivity index (χ3n) is 3.12. The minimum Gasteiger partial charge on any atom is -0.383 e. The highest BCUT2D eigenvalue weighted by molar-refractivity contribution is 5.94. The van der Waals surface area contributed by atoms with E-state index >= 15 is 0 Å². The fourth-order valence-electron chi connectivity index (χ4n) is 1.90. The minimum absolute atomic E-state index is 0.122. The van der Waals surface area contributed by atoms with E-state index in [0.29, 0.717) is 18.7 Å². The van der Waals surface area contributed by atoms with E-state index in [2.05, 4.69) is 20.8 Å². The van der Waals surface area contributed by atoms with Gasteiger partial charge in [-0.1, -0.05) is 12.1 Å². The highest BCUT2D eigenvalue weighted by Crippen LogP contribution is 2.09. The van der Waals surface area contributed by atoms with Crippen LogP contribution in [0.4, 0.5) is 5.69 Å². The molecule has 1 aromatic carbocycles. The molecular weight excluding hydrogens is 268 g/mol. The number of aromatic amines is 1. The lowest BCUT2D eigenvalue weighted by Gasteiger charge is -2.08. The fourth-order valence-corrected chi connectivity index (χ4v) is 1.90. The molecule has 0 unspecified atom stereocenters. The molecule has 0 aliphatic rings. The number of benzene rings is 1. The van der Waals surface area contributed by atoms with E-state index in [1.54, 1.807) is 7.11 Å². The highest BCUT2D eigenvalue weighted by atomic mass is 16.5. The largest absolute Gasteiger partial charge is 0.383 e. The summed E-state index contributed by atoms with van der Waals surface area (Å²) in [5.41, 5.74) is 3.42. The third-order valence-corrected chi connectivity index (χ3v) is 3.12. The maximum Gasteiger partial charge on any atom is 0.255 e. The van der Waals surface area contributed by atoms with Crippen molar-refractivity contribution in [1.29, 1.82) is 0 Å². The van der Waals surface area contributed by atoms with Gasteiger partial charge in [0.2, 0.25) is 0 Å². The molecule has 2 aromatic rings. The molecule has 1 aromatic heterocycles. The summed E-state index contributed by atoms with van der Waals surface area (Å²) in [6.45, 7) is 3.75. The van der Waals surface area contributed by atoms with E-state index < -0.39 is 0 Å². The summed E-state index contributed by atoms with van der Waals surface area (Å²) in [6, 6.07) is 7.94. The van der Waals surface area contributed by atoms with Gasteiger partial charge in [0.25, 0.3) is 5.91 Å². The highest BCUT2D eigenvalue weighted by Gasteiger charge is 2.09. The zero-order valence-electron chi connectivity index (χ0n) is 12.3. The van der Waals surface area contributed by atoms with Crippen molar-refractivity contribution in [2.45, 2.75) is 13.5 Å². The number of H-pyrrole nitrogens is 1. The van der Waals surface area contributed by atoms with Crippen LogP contribution in [0.3, 0.4) is 0 Å². The molecule has 0 aliphatic carbocycles. The number of methoxy groups -OCH3 is 1. The van der Waals surface area contributed by atoms with Gasteiger partial charge in [-0.25, -0.2) is 0 Å². The van der Waals surface area contributed by atoms with Gasteiger partial charge in [0.15, 0.2) is 0 Å². The van der Waals surface area contributed by atoms with Crippen LogP contribution in [0.5, 0.6) is 0 Å². The van der Waals surface area contributed by atoms with Crippen LogP contribution >= 0.6 is 0 Å². The molecule has 0 spiro atoms. The van der Waals surface area contributed by atoms with Gasteiger partial charge in [-0.05, 0) is 24.6 Å². The van der Waals surface area contributed by atoms with E-state index in [9.17, 15) is 4.79 Å². The first kappa shape index (κ1) is 15.1. The van der Waals surface area contributed by atoms with Crippen molar-refractivity contribution in [2.75, 3.05) is 25.6 Å². The van der Waals surface area contributed by atoms with Crippen LogP contribution in [0, 0.1) is 6.92 Å². The van der Waals surface area contributed by atoms with Crippen LogP contribution < -0.4 is 10.6 Å². The summed E-state index contributed by atoms with van der Waals surface area (Å²) < 4.78 is 4.98. The lowest BCUT2D eigenvalue weighted by atomic mass is 10.2. The molecule has 1 heterocycles. The molecule has 3 N–H and O–H groups in total. The number of nitrogens with zero attached hydrogens (tertiary/aromatic N) is 1. The summed E-state index contributed by atoms with van der Waals surface area (Å²) >= 11 is 0. The first-order valence-corrected chi connectivity index (χ1v) is 6.80. The number of nitrogens with one attached hydrogen (secondary N) is 3. The second kappa shape index (κ2) is 7.44. The van der Waals surface area contributed by atoms with E-state index in [1.807, 2.05) is 31.2 Å². The van der Waals surface area contributed by atoms with E-state index in [-0.39, 0.29) is 5.91 Å². The Morgan fingerprint density at radius 3 is 2.71 bits per heavy atom. The van der Waals surface area contributed by atoms with Crippen molar-refractivity contribution in [3.63, 3.8) is 0 Å². The lowest BCUT2D eigenvalue weighted by molar-refractivity contribution is 0.0950. The molecule has 0 saturated carbocycles. The van der Waals surface area contributed by atoms with Gasteiger partial charge >= 0.3 is 0 Å². The van der Waals surface area contributed by atoms with Crippen molar-refractivity contribution < 1.29 is 9.53 Å². The molecule has 112 valence electrons. The molecule has 6 nitrogen and oxygen atoms in total. The summed E-state index contributed by atoms with van der Waals surface area (Å²) in [5.74, 6) is -0.122. The molecule has 6 heteroatoms. The van der Waals surface area contributed by atoms with Crippen LogP contribution in [-0.4, -0.2) is 36.4 Å². The SMILES string of the molecule is COCCNc1ccc(CNC(=O)c2cn[nH]c2C)cc1. The second-order valence-corrected chi connectivity index (χ2v) is 4.71. The van der Waals surface area contributed by atoms with E-state index in [4.69, 9.17) is 4.74 Å². The summed E-state index contributed by atoms with van der Waals surface area (Å²) in [5, 5.41) is 12.7. The number of anilines is 1. The average Bonchev–Trinajstić information content (AvgIpc) is 2.92. The Labute approximate surface area is 123 Å². The van der Waals surface area contributed by atoms with Crippen LogP contribution in [-0.2, 0) is 11.3 Å². The quantitative estimate of drug-likeness (QED) is 0.678. The number of aromatic nitrogens is 2. The van der Waals surface area contributed by atoms with Crippen LogP contribution in [0.1, 0.15) is 21.6 Å². The molecule has 0 aliphatic heterocycles. The first-order chi connectivity index (χ1) is 10.2. The first-order valence-electron chi connectivity index (χ1n) is 6.80. The minimum atomic E-state index is -0.122. The molecule has 1 amide bonds. The predicted octanol–water partition coefficient (Wildman–Crippen LogP) is 1.71. The number of aryl methyl sites for hydroxylation is 1. The Morgan fingerprint density at radius 2 is 2.10 bits per heavy atom. The number of carbonyl (C=O) groups is 1. The Bertz CT molecular complexity index is 578. The van der Waals surface area contributed by atoms with Crippen molar-refractivity contribution in [1.82, 2.24) is 15.5 Å². The maximum atomic E-state index is 11.9. The number of hydrogen-bond acceptors (Lipinski definition) is 4. The Kier molecular flexibility index (Phi) is 5.34. The monoisotopic (exact) mass is 288 g/mol. The van der Waals surface area contributed by atoms with Crippen molar-refractivity contribution in [3.05, 3.63) is 47.3 Å². The normalized spacial score (nSPS) is 10.4. The molecule has 0 fully saturated rings. The summed E-state index contributed by atoms with van der Waals surface area (Å²) in [6.07, 6.45) is 1.54. The van der Waals surface area contributed by atoms with Gasteiger partial charge in [-0.3, -0.25) is 9.89 Å². The summed E-state index contributed by atoms with van der Waals surface area (Å²) in [4.78, 5) is 11.9. The molecule has 2 rings (SSSR count). The number of hydrogen-bond donors (Lipinski definition) is 3. The van der Waals surface area contributed by atoms with Gasteiger partial charge < -0.3 is 15.4 Å². The number of rotatable bonds is 7. The van der Waals surface area contributed by atoms with Crippen molar-refractivity contribution in [2.24, 2.45) is 0 Å². The van der Waals surface area contributed by atoms with Crippen LogP contribution in [0.15, 0.2) is 30.5 Å². The van der Waals surface area contributed by atoms with Crippen molar-refractivity contribution >= 4 is 11.6 Å². The lowest BCUT2D eigenvalue weighted by Crippen LogP contribution is -2.23. The molecule has 0 atom stereocenters. The maximum absolute atomic E-state index is 11.9. The van der Waals surface area contributed by atoms with Gasteiger partial charge in [0.1, 0.15) is 0 Å². The third kappa shape index (κ3) is 4.32. The Balaban J connectivity index is 1.83. The van der Waals surface area contributed by atoms with Gasteiger partial charge in [-0.15, -0.1) is 0 Å². The van der Waals surface area contributed by atoms with E-state index in [1.165, 1.54) is 6.20 Å². The zero-order chi connectivity index (χ0) is 15.1. The Hall–Kier alpha value is -2.34. The number of amides is 1. The van der Waals surface area contributed by atoms with Gasteiger partial charge in [-0.2, -0.15) is 5.10 Å². The molecule has 0 radical (unpaired) electrons. The topological polar surface area (TPSA) is 79.0 Å². The number of ether oxygens (including phenoxy) is 1. The summed E-state index contributed by atoms with van der Waals surface area (Å²) in [7, 11) is 1.68. The molecule has 0 saturated heterocycles. The average molecular weight is 288 g/mol. The van der Waals surface area contributed by atoms with E-state index in [0.717, 1.165) is 23.5 Å². The molecule has 0 bridgehead atoms. The standard InChI is InChI=1S/C15H20N4O2/c1-11-14(10-18-19-11)15(20)17-9-12-3-5-13(6-4-12)16-7-8-21-2/h3-6,10,16H,7-9H2,1-2H3,(H,17,20)(H,18,19). The van der Waals surface area contributed by atoms with Gasteiger partial charge in [0, 0.05) is 31.6 Å². The molecular formula is C15H20N4O2. The molecule has 21 heavy (non-hydrogen) atoms.